The number of halogens is 1. The summed E-state index contributed by atoms with van der Waals surface area (Å²) in [5.74, 6) is 0.399. The van der Waals surface area contributed by atoms with Gasteiger partial charge >= 0.3 is 18.0 Å². The molecule has 0 aliphatic rings. The molecule has 0 atom stereocenters. The van der Waals surface area contributed by atoms with Crippen molar-refractivity contribution in [2.24, 2.45) is 0 Å². The van der Waals surface area contributed by atoms with Gasteiger partial charge in [-0.25, -0.2) is 4.57 Å². The fourth-order valence-electron chi connectivity index (χ4n) is 1.21. The summed E-state index contributed by atoms with van der Waals surface area (Å²) >= 11 is 0. The van der Waals surface area contributed by atoms with Crippen LogP contribution in [0.25, 0.3) is 5.95 Å². The maximum atomic E-state index is 9.37. The first kappa shape index (κ1) is 13.9. The van der Waals surface area contributed by atoms with Crippen LogP contribution in [-0.2, 0) is 0 Å². The van der Waals surface area contributed by atoms with E-state index in [1.807, 2.05) is 0 Å². The van der Waals surface area contributed by atoms with E-state index in [0.717, 1.165) is 0 Å². The van der Waals surface area contributed by atoms with Gasteiger partial charge in [-0.15, -0.1) is 4.98 Å². The van der Waals surface area contributed by atoms with Gasteiger partial charge in [0.2, 0.25) is 0 Å². The van der Waals surface area contributed by atoms with Crippen LogP contribution in [0.3, 0.4) is 0 Å². The zero-order valence-corrected chi connectivity index (χ0v) is 10.5. The van der Waals surface area contributed by atoms with Crippen LogP contribution in [0.5, 0.6) is 17.8 Å². The SMILES string of the molecule is COc1nc(OC)nc(-[n+]2cccc(O)c2)n1.[Cl-]. The van der Waals surface area contributed by atoms with Crippen molar-refractivity contribution in [1.29, 1.82) is 0 Å². The van der Waals surface area contributed by atoms with Crippen molar-refractivity contribution >= 4 is 0 Å². The maximum absolute atomic E-state index is 9.37. The van der Waals surface area contributed by atoms with E-state index >= 15 is 0 Å². The standard InChI is InChI=1S/C10H10N4O3.ClH/c1-16-9-11-8(12-10(13-9)17-2)14-5-3-4-7(15)6-14;/h3-6H,1-2H3;1H. The van der Waals surface area contributed by atoms with Crippen molar-refractivity contribution in [1.82, 2.24) is 15.0 Å². The van der Waals surface area contributed by atoms with Gasteiger partial charge in [0.15, 0.2) is 0 Å². The third-order valence-electron chi connectivity index (χ3n) is 1.96. The summed E-state index contributed by atoms with van der Waals surface area (Å²) in [6.07, 6.45) is 3.15. The number of methoxy groups -OCH3 is 2. The number of pyridine rings is 1. The monoisotopic (exact) mass is 270 g/mol. The van der Waals surface area contributed by atoms with E-state index < -0.39 is 0 Å². The Labute approximate surface area is 109 Å². The van der Waals surface area contributed by atoms with Gasteiger partial charge in [-0.05, 0) is 22.1 Å². The molecule has 2 rings (SSSR count). The van der Waals surface area contributed by atoms with Gasteiger partial charge in [0, 0.05) is 0 Å². The lowest BCUT2D eigenvalue weighted by Crippen LogP contribution is -3.00. The van der Waals surface area contributed by atoms with Crippen molar-refractivity contribution in [2.75, 3.05) is 14.2 Å². The molecule has 0 saturated carbocycles. The van der Waals surface area contributed by atoms with E-state index in [1.54, 1.807) is 18.3 Å². The summed E-state index contributed by atoms with van der Waals surface area (Å²) in [5, 5.41) is 9.37. The molecule has 8 heteroatoms. The first-order valence-corrected chi connectivity index (χ1v) is 4.77. The Bertz CT molecular complexity index is 516. The molecule has 2 aromatic heterocycles. The highest BCUT2D eigenvalue weighted by Crippen LogP contribution is 2.09. The summed E-state index contributed by atoms with van der Waals surface area (Å²) < 4.78 is 11.4. The third-order valence-corrected chi connectivity index (χ3v) is 1.96. The molecule has 2 heterocycles. The van der Waals surface area contributed by atoms with Gasteiger partial charge in [-0.1, -0.05) is 0 Å². The molecule has 18 heavy (non-hydrogen) atoms. The van der Waals surface area contributed by atoms with E-state index in [2.05, 4.69) is 15.0 Å². The highest BCUT2D eigenvalue weighted by molar-refractivity contribution is 5.13. The van der Waals surface area contributed by atoms with E-state index in [4.69, 9.17) is 9.47 Å². The minimum Gasteiger partial charge on any atom is -1.00 e. The van der Waals surface area contributed by atoms with Crippen LogP contribution in [0, 0.1) is 0 Å². The van der Waals surface area contributed by atoms with Crippen LogP contribution in [0.15, 0.2) is 24.5 Å². The van der Waals surface area contributed by atoms with E-state index in [1.165, 1.54) is 25.0 Å². The summed E-state index contributed by atoms with van der Waals surface area (Å²) in [4.78, 5) is 12.0. The molecule has 0 saturated heterocycles. The Kier molecular flexibility index (Phi) is 4.61. The van der Waals surface area contributed by atoms with Gasteiger partial charge in [0.1, 0.15) is 11.9 Å². The van der Waals surface area contributed by atoms with Gasteiger partial charge < -0.3 is 27.0 Å². The third kappa shape index (κ3) is 2.95. The minimum atomic E-state index is 0. The van der Waals surface area contributed by atoms with Crippen LogP contribution in [-0.4, -0.2) is 34.3 Å². The van der Waals surface area contributed by atoms with Crippen LogP contribution in [0.2, 0.25) is 0 Å². The van der Waals surface area contributed by atoms with Gasteiger partial charge in [-0.2, -0.15) is 0 Å². The van der Waals surface area contributed by atoms with Gasteiger partial charge in [0.25, 0.3) is 0 Å². The van der Waals surface area contributed by atoms with Crippen molar-refractivity contribution < 1.29 is 31.6 Å². The zero-order chi connectivity index (χ0) is 12.3. The topological polar surface area (TPSA) is 81.2 Å². The smallest absolute Gasteiger partial charge is 0.447 e. The molecule has 0 aliphatic carbocycles. The molecule has 0 bridgehead atoms. The number of rotatable bonds is 3. The fraction of sp³-hybridized carbons (Fsp3) is 0.200. The van der Waals surface area contributed by atoms with Crippen LogP contribution in [0.4, 0.5) is 0 Å². The first-order chi connectivity index (χ1) is 8.22. The average Bonchev–Trinajstić information content (AvgIpc) is 2.38. The largest absolute Gasteiger partial charge is 1.00 e. The van der Waals surface area contributed by atoms with Crippen molar-refractivity contribution in [2.45, 2.75) is 0 Å². The molecule has 0 fully saturated rings. The maximum Gasteiger partial charge on any atom is 0.447 e. The Hall–Kier alpha value is -2.15. The van der Waals surface area contributed by atoms with Gasteiger partial charge in [0.05, 0.1) is 20.4 Å². The quantitative estimate of drug-likeness (QED) is 0.594. The molecular formula is C10H11ClN4O3. The first-order valence-electron chi connectivity index (χ1n) is 4.77. The molecule has 1 N–H and O–H groups in total. The number of hydrogen-bond acceptors (Lipinski definition) is 6. The normalized spacial score (nSPS) is 9.44. The second-order valence-electron chi connectivity index (χ2n) is 3.08. The molecule has 0 spiro atoms. The lowest BCUT2D eigenvalue weighted by molar-refractivity contribution is -0.604. The zero-order valence-electron chi connectivity index (χ0n) is 9.74. The molecule has 0 radical (unpaired) electrons. The molecule has 0 aliphatic heterocycles. The highest BCUT2D eigenvalue weighted by atomic mass is 35.5. The lowest BCUT2D eigenvalue weighted by atomic mass is 10.4. The number of nitrogens with zero attached hydrogens (tertiary/aromatic N) is 4. The Balaban J connectivity index is 0.00000162. The molecular weight excluding hydrogens is 260 g/mol. The lowest BCUT2D eigenvalue weighted by Gasteiger charge is -1.99. The Morgan fingerprint density at radius 2 is 1.72 bits per heavy atom. The number of aromatic nitrogens is 4. The average molecular weight is 271 g/mol. The molecule has 0 amide bonds. The summed E-state index contributed by atoms with van der Waals surface area (Å²) in [6.45, 7) is 0. The number of aromatic hydroxyl groups is 1. The van der Waals surface area contributed by atoms with E-state index in [9.17, 15) is 5.11 Å². The fourth-order valence-corrected chi connectivity index (χ4v) is 1.21. The van der Waals surface area contributed by atoms with Gasteiger partial charge in [-0.3, -0.25) is 0 Å². The predicted molar refractivity (Wildman–Crippen MR) is 56.1 cm³/mol. The minimum absolute atomic E-state index is 0. The molecule has 0 unspecified atom stereocenters. The van der Waals surface area contributed by atoms with Crippen molar-refractivity contribution in [3.05, 3.63) is 24.5 Å². The van der Waals surface area contributed by atoms with Crippen LogP contribution in [0.1, 0.15) is 0 Å². The van der Waals surface area contributed by atoms with Crippen LogP contribution < -0.4 is 26.4 Å². The predicted octanol–water partition coefficient (Wildman–Crippen LogP) is -3.12. The van der Waals surface area contributed by atoms with Crippen molar-refractivity contribution in [3.8, 4) is 23.7 Å². The number of ether oxygens (including phenoxy) is 2. The Morgan fingerprint density at radius 3 is 2.22 bits per heavy atom. The molecule has 7 nitrogen and oxygen atoms in total. The molecule has 96 valence electrons. The van der Waals surface area contributed by atoms with Crippen LogP contribution >= 0.6 is 0 Å². The number of hydrogen-bond donors (Lipinski definition) is 1. The second kappa shape index (κ2) is 5.97. The summed E-state index contributed by atoms with van der Waals surface area (Å²) in [5.41, 5.74) is 0. The van der Waals surface area contributed by atoms with E-state index in [-0.39, 0.29) is 30.2 Å². The summed E-state index contributed by atoms with van der Waals surface area (Å²) in [7, 11) is 2.90. The Morgan fingerprint density at radius 1 is 1.11 bits per heavy atom. The van der Waals surface area contributed by atoms with E-state index in [0.29, 0.717) is 5.95 Å². The summed E-state index contributed by atoms with van der Waals surface area (Å²) in [6, 6.07) is 3.50. The highest BCUT2D eigenvalue weighted by Gasteiger charge is 2.18. The van der Waals surface area contributed by atoms with Crippen molar-refractivity contribution in [3.63, 3.8) is 0 Å². The second-order valence-corrected chi connectivity index (χ2v) is 3.08. The molecule has 2 aromatic rings. The molecule has 0 aromatic carbocycles.